The molecule has 2 aliphatic heterocycles. The minimum atomic E-state index is -1.60. The quantitative estimate of drug-likeness (QED) is 0.307. The third kappa shape index (κ3) is 3.90. The first-order valence-corrected chi connectivity index (χ1v) is 9.31. The molecule has 10 atom stereocenters. The molecule has 1 aromatic carbocycles. The zero-order valence-electron chi connectivity index (χ0n) is 15.9. The fourth-order valence-electron chi connectivity index (χ4n) is 3.82. The van der Waals surface area contributed by atoms with Gasteiger partial charge in [0, 0.05) is 0 Å². The minimum Gasteiger partial charge on any atom is -0.478 e. The van der Waals surface area contributed by atoms with Crippen LogP contribution in [0.5, 0.6) is 0 Å². The molecule has 0 aliphatic carbocycles. The molecule has 2 heterocycles. The smallest absolute Gasteiger partial charge is 0.336 e. The number of carboxylic acid groups (broad SMARTS) is 1. The first-order chi connectivity index (χ1) is 13.5. The summed E-state index contributed by atoms with van der Waals surface area (Å²) in [5, 5.41) is 70.1. The van der Waals surface area contributed by atoms with E-state index in [9.17, 15) is 40.5 Å². The maximum atomic E-state index is 11.7. The van der Waals surface area contributed by atoms with Crippen molar-refractivity contribution in [3.05, 3.63) is 34.9 Å². The van der Waals surface area contributed by atoms with Crippen molar-refractivity contribution in [2.24, 2.45) is 0 Å². The highest BCUT2D eigenvalue weighted by Crippen LogP contribution is 2.38. The molecule has 2 unspecified atom stereocenters. The Morgan fingerprint density at radius 1 is 0.759 bits per heavy atom. The van der Waals surface area contributed by atoms with E-state index in [0.717, 1.165) is 0 Å². The van der Waals surface area contributed by atoms with Crippen LogP contribution < -0.4 is 0 Å². The lowest BCUT2D eigenvalue weighted by atomic mass is 9.86. The van der Waals surface area contributed by atoms with Crippen LogP contribution in [0.15, 0.2) is 18.2 Å². The number of hydrogen-bond donors (Lipinski definition) is 7. The zero-order valence-corrected chi connectivity index (χ0v) is 15.9. The lowest BCUT2D eigenvalue weighted by Crippen LogP contribution is -2.53. The number of hydrogen-bond acceptors (Lipinski definition) is 9. The van der Waals surface area contributed by atoms with Crippen LogP contribution in [0.25, 0.3) is 0 Å². The minimum absolute atomic E-state index is 0.0179. The van der Waals surface area contributed by atoms with E-state index in [1.807, 2.05) is 0 Å². The second kappa shape index (κ2) is 8.25. The molecule has 1 aromatic rings. The van der Waals surface area contributed by atoms with Crippen molar-refractivity contribution in [3.63, 3.8) is 0 Å². The van der Waals surface area contributed by atoms with E-state index in [2.05, 4.69) is 0 Å². The Bertz CT molecular complexity index is 755. The number of aliphatic hydroxyl groups excluding tert-OH is 6. The van der Waals surface area contributed by atoms with Gasteiger partial charge in [-0.05, 0) is 37.1 Å². The molecule has 10 heteroatoms. The Morgan fingerprint density at radius 3 is 1.76 bits per heavy atom. The first-order valence-electron chi connectivity index (χ1n) is 9.31. The summed E-state index contributed by atoms with van der Waals surface area (Å²) in [5.41, 5.74) is 0.108. The highest BCUT2D eigenvalue weighted by atomic mass is 16.5. The Hall–Kier alpha value is -1.63. The van der Waals surface area contributed by atoms with Crippen LogP contribution in [0.3, 0.4) is 0 Å². The van der Waals surface area contributed by atoms with E-state index in [1.54, 1.807) is 0 Å². The van der Waals surface area contributed by atoms with E-state index in [-0.39, 0.29) is 11.1 Å². The van der Waals surface area contributed by atoms with Crippen molar-refractivity contribution in [1.82, 2.24) is 0 Å². The summed E-state index contributed by atoms with van der Waals surface area (Å²) < 4.78 is 11.2. The highest BCUT2D eigenvalue weighted by Gasteiger charge is 2.45. The molecule has 0 spiro atoms. The van der Waals surface area contributed by atoms with E-state index in [1.165, 1.54) is 32.0 Å². The van der Waals surface area contributed by atoms with Gasteiger partial charge in [0.1, 0.15) is 48.8 Å². The summed E-state index contributed by atoms with van der Waals surface area (Å²) >= 11 is 0. The van der Waals surface area contributed by atoms with Gasteiger partial charge in [-0.1, -0.05) is 6.07 Å². The van der Waals surface area contributed by atoms with E-state index >= 15 is 0 Å². The molecule has 162 valence electrons. The lowest BCUT2D eigenvalue weighted by Gasteiger charge is -2.41. The molecular weight excluding hydrogens is 388 g/mol. The van der Waals surface area contributed by atoms with Gasteiger partial charge in [0.2, 0.25) is 0 Å². The van der Waals surface area contributed by atoms with E-state index in [4.69, 9.17) is 9.47 Å². The van der Waals surface area contributed by atoms with Crippen LogP contribution in [0, 0.1) is 0 Å². The topological polar surface area (TPSA) is 177 Å². The molecule has 0 aromatic heterocycles. The molecule has 10 nitrogen and oxygen atoms in total. The van der Waals surface area contributed by atoms with Gasteiger partial charge in [0.15, 0.2) is 0 Å². The molecule has 2 aliphatic rings. The van der Waals surface area contributed by atoms with Crippen LogP contribution in [0.1, 0.15) is 47.5 Å². The fraction of sp³-hybridized carbons (Fsp3) is 0.632. The maximum absolute atomic E-state index is 11.7. The summed E-state index contributed by atoms with van der Waals surface area (Å²) in [5.74, 6) is -1.30. The third-order valence-electron chi connectivity index (χ3n) is 5.65. The number of carbonyl (C=O) groups is 1. The summed E-state index contributed by atoms with van der Waals surface area (Å²) in [6.45, 7) is 3.00. The summed E-state index contributed by atoms with van der Waals surface area (Å²) in [6.07, 6.45) is -12.7. The Morgan fingerprint density at radius 2 is 1.24 bits per heavy atom. The predicted octanol–water partition coefficient (Wildman–Crippen LogP) is -1.53. The number of aromatic carboxylic acids is 1. The Kier molecular flexibility index (Phi) is 6.27. The van der Waals surface area contributed by atoms with Crippen molar-refractivity contribution in [2.45, 2.75) is 74.9 Å². The largest absolute Gasteiger partial charge is 0.478 e. The van der Waals surface area contributed by atoms with Gasteiger partial charge >= 0.3 is 5.97 Å². The monoisotopic (exact) mass is 414 g/mol. The van der Waals surface area contributed by atoms with Crippen molar-refractivity contribution >= 4 is 5.97 Å². The highest BCUT2D eigenvalue weighted by molar-refractivity contribution is 5.89. The van der Waals surface area contributed by atoms with Crippen LogP contribution in [-0.4, -0.2) is 90.5 Å². The molecule has 0 saturated carbocycles. The van der Waals surface area contributed by atoms with Crippen LogP contribution in [0.4, 0.5) is 0 Å². The van der Waals surface area contributed by atoms with Gasteiger partial charge in [0.05, 0.1) is 17.8 Å². The van der Waals surface area contributed by atoms with Crippen LogP contribution >= 0.6 is 0 Å². The summed E-state index contributed by atoms with van der Waals surface area (Å²) in [7, 11) is 0. The molecule has 0 amide bonds. The number of aliphatic hydroxyl groups is 6. The van der Waals surface area contributed by atoms with Crippen LogP contribution in [-0.2, 0) is 9.47 Å². The van der Waals surface area contributed by atoms with Crippen molar-refractivity contribution in [3.8, 4) is 0 Å². The number of rotatable bonds is 3. The summed E-state index contributed by atoms with van der Waals surface area (Å²) in [6, 6.07) is 3.98. The van der Waals surface area contributed by atoms with E-state index < -0.39 is 67.0 Å². The standard InChI is InChI=1S/C19H26O10/c1-6-11(20)13(22)15(24)17(28-6)8-3-4-9(19(26)27)10(5-8)18-16(25)14(23)12(21)7(2)29-18/h3-7,11-18,20-25H,1-2H3,(H,26,27)/t6-,7-,11+,12+,13+,14+,15-,16-,17?,18?/m0/s1. The van der Waals surface area contributed by atoms with E-state index in [0.29, 0.717) is 5.56 Å². The van der Waals surface area contributed by atoms with Crippen molar-refractivity contribution in [1.29, 1.82) is 0 Å². The second-order valence-corrected chi connectivity index (χ2v) is 7.62. The van der Waals surface area contributed by atoms with Gasteiger partial charge in [-0.15, -0.1) is 0 Å². The average Bonchev–Trinajstić information content (AvgIpc) is 2.69. The van der Waals surface area contributed by atoms with Gasteiger partial charge in [-0.25, -0.2) is 4.79 Å². The lowest BCUT2D eigenvalue weighted by molar-refractivity contribution is -0.221. The number of benzene rings is 1. The van der Waals surface area contributed by atoms with Gasteiger partial charge in [0.25, 0.3) is 0 Å². The average molecular weight is 414 g/mol. The van der Waals surface area contributed by atoms with Gasteiger partial charge in [-0.2, -0.15) is 0 Å². The molecule has 3 rings (SSSR count). The van der Waals surface area contributed by atoms with Gasteiger partial charge in [-0.3, -0.25) is 0 Å². The molecule has 0 bridgehead atoms. The van der Waals surface area contributed by atoms with Gasteiger partial charge < -0.3 is 45.2 Å². The molecule has 2 saturated heterocycles. The SMILES string of the molecule is C[C@@H]1OC(c2ccc(C(=O)O)c(C3O[C@@H](C)[C@@H](O)[C@@H](O)[C@@H]3O)c2)[C@@H](O)[C@H](O)[C@@H]1O. The van der Waals surface area contributed by atoms with Crippen molar-refractivity contribution in [2.75, 3.05) is 0 Å². The Balaban J connectivity index is 2.02. The van der Waals surface area contributed by atoms with Crippen molar-refractivity contribution < 1.29 is 50.0 Å². The maximum Gasteiger partial charge on any atom is 0.336 e. The molecule has 2 fully saturated rings. The first kappa shape index (κ1) is 22.1. The zero-order chi connectivity index (χ0) is 21.6. The summed E-state index contributed by atoms with van der Waals surface area (Å²) in [4.78, 5) is 11.7. The number of carboxylic acids is 1. The Labute approximate surface area is 166 Å². The fourth-order valence-corrected chi connectivity index (χ4v) is 3.82. The normalized spacial score (nSPS) is 43.2. The molecule has 29 heavy (non-hydrogen) atoms. The molecule has 0 radical (unpaired) electrons. The predicted molar refractivity (Wildman–Crippen MR) is 96.0 cm³/mol. The molecule has 7 N–H and O–H groups in total. The van der Waals surface area contributed by atoms with Crippen LogP contribution in [0.2, 0.25) is 0 Å². The number of ether oxygens (including phenoxy) is 2. The molecular formula is C19H26O10. The second-order valence-electron chi connectivity index (χ2n) is 7.62. The third-order valence-corrected chi connectivity index (χ3v) is 5.65.